The number of rotatable bonds is 11. The molecule has 0 amide bonds. The molecule has 0 atom stereocenters. The van der Waals surface area contributed by atoms with Gasteiger partial charge in [0, 0.05) is 38.6 Å². The topological polar surface area (TPSA) is 107 Å². The molecule has 0 fully saturated rings. The van der Waals surface area contributed by atoms with Crippen molar-refractivity contribution in [3.8, 4) is 5.75 Å². The molecule has 0 saturated carbocycles. The molecule has 0 radical (unpaired) electrons. The number of nitrogens with one attached hydrogen (secondary N) is 2. The summed E-state index contributed by atoms with van der Waals surface area (Å²) in [5, 5.41) is 7.95. The van der Waals surface area contributed by atoms with Crippen LogP contribution in [-0.4, -0.2) is 52.6 Å². The molecule has 3 aromatic rings. The fraction of sp³-hybridized carbons (Fsp3) is 0.318. The Kier molecular flexibility index (Phi) is 7.65. The van der Waals surface area contributed by atoms with E-state index in [0.29, 0.717) is 26.2 Å². The quantitative estimate of drug-likeness (QED) is 0.333. The average Bonchev–Trinajstić information content (AvgIpc) is 3.29. The van der Waals surface area contributed by atoms with Crippen LogP contribution < -0.4 is 15.4 Å². The molecule has 8 heteroatoms. The van der Waals surface area contributed by atoms with Gasteiger partial charge in [0.1, 0.15) is 11.6 Å². The Morgan fingerprint density at radius 2 is 1.93 bits per heavy atom. The number of nitrogens with two attached hydrogens (primary N) is 1. The van der Waals surface area contributed by atoms with Gasteiger partial charge in [-0.2, -0.15) is 0 Å². The maximum atomic E-state index is 7.95. The van der Waals surface area contributed by atoms with Crippen molar-refractivity contribution >= 4 is 11.8 Å². The summed E-state index contributed by atoms with van der Waals surface area (Å²) in [5.74, 6) is 1.82. The van der Waals surface area contributed by atoms with Gasteiger partial charge in [-0.1, -0.05) is 18.2 Å². The molecule has 3 rings (SSSR count). The summed E-state index contributed by atoms with van der Waals surface area (Å²) < 4.78 is 5.25. The lowest BCUT2D eigenvalue weighted by Gasteiger charge is -2.29. The molecule has 1 aromatic carbocycles. The van der Waals surface area contributed by atoms with Crippen LogP contribution in [0.15, 0.2) is 61.2 Å². The molecule has 0 spiro atoms. The molecular formula is C22H29N7O. The molecule has 2 aromatic heterocycles. The van der Waals surface area contributed by atoms with Crippen molar-refractivity contribution in [2.75, 3.05) is 31.6 Å². The largest absolute Gasteiger partial charge is 0.497 e. The van der Waals surface area contributed by atoms with Crippen LogP contribution in [0.1, 0.15) is 17.7 Å². The van der Waals surface area contributed by atoms with Crippen molar-refractivity contribution in [2.45, 2.75) is 19.4 Å². The standard InChI is InChI=1S/C22H29N7O/c1-30-20-9-7-18(8-10-20)16-29(21-6-2-3-11-26-21)14-13-28(22(23)24)12-4-5-19-15-25-17-27-19/h2-3,6-11,15,17H,4-5,12-14,16H2,1H3,(H3,23,24)(H,25,27). The molecule has 30 heavy (non-hydrogen) atoms. The average molecular weight is 408 g/mol. The summed E-state index contributed by atoms with van der Waals surface area (Å²) in [4.78, 5) is 15.8. The molecule has 0 aliphatic rings. The number of nitrogens with zero attached hydrogens (tertiary/aromatic N) is 4. The number of pyridine rings is 1. The smallest absolute Gasteiger partial charge is 0.188 e. The molecule has 158 valence electrons. The zero-order valence-electron chi connectivity index (χ0n) is 17.3. The van der Waals surface area contributed by atoms with E-state index in [4.69, 9.17) is 15.9 Å². The highest BCUT2D eigenvalue weighted by atomic mass is 16.5. The van der Waals surface area contributed by atoms with Crippen molar-refractivity contribution in [1.82, 2.24) is 19.9 Å². The third-order valence-corrected chi connectivity index (χ3v) is 4.90. The van der Waals surface area contributed by atoms with E-state index in [1.807, 2.05) is 41.4 Å². The second-order valence-electron chi connectivity index (χ2n) is 6.99. The molecule has 0 saturated heterocycles. The van der Waals surface area contributed by atoms with Crippen molar-refractivity contribution in [3.63, 3.8) is 0 Å². The molecule has 4 N–H and O–H groups in total. The van der Waals surface area contributed by atoms with Crippen LogP contribution in [0.4, 0.5) is 5.82 Å². The van der Waals surface area contributed by atoms with Gasteiger partial charge in [-0.3, -0.25) is 5.41 Å². The number of aromatic nitrogens is 3. The van der Waals surface area contributed by atoms with E-state index in [1.165, 1.54) is 0 Å². The van der Waals surface area contributed by atoms with E-state index in [9.17, 15) is 0 Å². The zero-order valence-corrected chi connectivity index (χ0v) is 17.3. The minimum Gasteiger partial charge on any atom is -0.497 e. The molecular weight excluding hydrogens is 378 g/mol. The molecule has 2 heterocycles. The van der Waals surface area contributed by atoms with E-state index in [0.717, 1.165) is 35.7 Å². The second kappa shape index (κ2) is 10.8. The fourth-order valence-electron chi connectivity index (χ4n) is 3.24. The van der Waals surface area contributed by atoms with Crippen LogP contribution in [0.3, 0.4) is 0 Å². The van der Waals surface area contributed by atoms with Gasteiger partial charge in [0.05, 0.1) is 19.1 Å². The summed E-state index contributed by atoms with van der Waals surface area (Å²) in [7, 11) is 1.66. The van der Waals surface area contributed by atoms with Gasteiger partial charge in [-0.05, 0) is 42.7 Å². The van der Waals surface area contributed by atoms with Gasteiger partial charge < -0.3 is 25.3 Å². The number of guanidine groups is 1. The Morgan fingerprint density at radius 1 is 1.10 bits per heavy atom. The normalized spacial score (nSPS) is 10.6. The molecule has 0 aliphatic carbocycles. The summed E-state index contributed by atoms with van der Waals surface area (Å²) >= 11 is 0. The first-order valence-corrected chi connectivity index (χ1v) is 10.0. The summed E-state index contributed by atoms with van der Waals surface area (Å²) in [5.41, 5.74) is 8.03. The lowest BCUT2D eigenvalue weighted by molar-refractivity contribution is 0.405. The summed E-state index contributed by atoms with van der Waals surface area (Å²) in [6, 6.07) is 13.9. The first kappa shape index (κ1) is 21.2. The highest BCUT2D eigenvalue weighted by Crippen LogP contribution is 2.17. The maximum Gasteiger partial charge on any atom is 0.188 e. The molecule has 0 unspecified atom stereocenters. The number of aryl methyl sites for hydroxylation is 1. The molecule has 0 bridgehead atoms. The first-order chi connectivity index (χ1) is 14.7. The van der Waals surface area contributed by atoms with Crippen LogP contribution in [0, 0.1) is 5.41 Å². The van der Waals surface area contributed by atoms with E-state index in [1.54, 1.807) is 19.6 Å². The number of H-pyrrole nitrogens is 1. The van der Waals surface area contributed by atoms with Gasteiger partial charge >= 0.3 is 0 Å². The van der Waals surface area contributed by atoms with E-state index < -0.39 is 0 Å². The van der Waals surface area contributed by atoms with Crippen molar-refractivity contribution in [2.24, 2.45) is 5.73 Å². The minimum atomic E-state index is 0.0856. The first-order valence-electron chi connectivity index (χ1n) is 10.0. The van der Waals surface area contributed by atoms with E-state index in [2.05, 4.69) is 32.0 Å². The Bertz CT molecular complexity index is 882. The number of anilines is 1. The predicted octanol–water partition coefficient (Wildman–Crippen LogP) is 2.65. The monoisotopic (exact) mass is 407 g/mol. The fourth-order valence-corrected chi connectivity index (χ4v) is 3.24. The summed E-state index contributed by atoms with van der Waals surface area (Å²) in [6.07, 6.45) is 7.11. The van der Waals surface area contributed by atoms with Crippen molar-refractivity contribution in [1.29, 1.82) is 5.41 Å². The van der Waals surface area contributed by atoms with Crippen molar-refractivity contribution < 1.29 is 4.74 Å². The molecule has 8 nitrogen and oxygen atoms in total. The van der Waals surface area contributed by atoms with Crippen LogP contribution in [0.25, 0.3) is 0 Å². The Hall–Kier alpha value is -3.55. The number of aromatic amines is 1. The van der Waals surface area contributed by atoms with E-state index >= 15 is 0 Å². The number of hydrogen-bond donors (Lipinski definition) is 3. The van der Waals surface area contributed by atoms with Crippen LogP contribution in [-0.2, 0) is 13.0 Å². The highest BCUT2D eigenvalue weighted by Gasteiger charge is 2.13. The van der Waals surface area contributed by atoms with Crippen LogP contribution in [0.2, 0.25) is 0 Å². The number of hydrogen-bond acceptors (Lipinski definition) is 5. The van der Waals surface area contributed by atoms with Crippen LogP contribution in [0.5, 0.6) is 5.75 Å². The van der Waals surface area contributed by atoms with Gasteiger partial charge in [-0.15, -0.1) is 0 Å². The molecule has 0 aliphatic heterocycles. The number of benzene rings is 1. The summed E-state index contributed by atoms with van der Waals surface area (Å²) in [6.45, 7) is 2.76. The van der Waals surface area contributed by atoms with Gasteiger partial charge in [0.2, 0.25) is 0 Å². The Balaban J connectivity index is 1.62. The maximum absolute atomic E-state index is 7.95. The highest BCUT2D eigenvalue weighted by molar-refractivity contribution is 5.74. The number of imidazole rings is 1. The Labute approximate surface area is 177 Å². The van der Waals surface area contributed by atoms with Crippen LogP contribution >= 0.6 is 0 Å². The van der Waals surface area contributed by atoms with Gasteiger partial charge in [0.15, 0.2) is 5.96 Å². The third kappa shape index (κ3) is 6.23. The van der Waals surface area contributed by atoms with Gasteiger partial charge in [-0.25, -0.2) is 9.97 Å². The van der Waals surface area contributed by atoms with Crippen molar-refractivity contribution in [3.05, 3.63) is 72.4 Å². The Morgan fingerprint density at radius 3 is 2.57 bits per heavy atom. The number of ether oxygens (including phenoxy) is 1. The van der Waals surface area contributed by atoms with Gasteiger partial charge in [0.25, 0.3) is 0 Å². The SMILES string of the molecule is COc1ccc(CN(CCN(CCCc2c[nH]cn2)C(=N)N)c2ccccn2)cc1. The second-order valence-corrected chi connectivity index (χ2v) is 6.99. The lowest BCUT2D eigenvalue weighted by Crippen LogP contribution is -2.42. The number of methoxy groups -OCH3 is 1. The minimum absolute atomic E-state index is 0.0856. The third-order valence-electron chi connectivity index (χ3n) is 4.90. The zero-order chi connectivity index (χ0) is 21.2. The van der Waals surface area contributed by atoms with E-state index in [-0.39, 0.29) is 5.96 Å². The lowest BCUT2D eigenvalue weighted by atomic mass is 10.2. The predicted molar refractivity (Wildman–Crippen MR) is 119 cm³/mol.